The summed E-state index contributed by atoms with van der Waals surface area (Å²) in [6, 6.07) is 13.4. The summed E-state index contributed by atoms with van der Waals surface area (Å²) in [7, 11) is -3.90. The fourth-order valence-corrected chi connectivity index (χ4v) is 3.79. The Balaban J connectivity index is 2.22. The highest BCUT2D eigenvalue weighted by atomic mass is 32.2. The fraction of sp³-hybridized carbons (Fsp3) is 0.0556. The van der Waals surface area contributed by atoms with E-state index in [-0.39, 0.29) is 16.2 Å². The largest absolute Gasteiger partial charge is 0.298 e. The Kier molecular flexibility index (Phi) is 4.07. The van der Waals surface area contributed by atoms with Crippen LogP contribution in [-0.4, -0.2) is 18.7 Å². The van der Waals surface area contributed by atoms with Gasteiger partial charge in [-0.15, -0.1) is 0 Å². The lowest BCUT2D eigenvalue weighted by molar-refractivity contribution is 0.112. The van der Waals surface area contributed by atoms with Crippen molar-refractivity contribution in [2.24, 2.45) is 0 Å². The number of carbonyl (C=O) groups excluding carboxylic acids is 1. The van der Waals surface area contributed by atoms with E-state index in [1.165, 1.54) is 42.6 Å². The molecule has 3 rings (SSSR count). The van der Waals surface area contributed by atoms with E-state index >= 15 is 0 Å². The number of hydrogen-bond donors (Lipinski definition) is 0. The van der Waals surface area contributed by atoms with Gasteiger partial charge in [0.15, 0.2) is 6.29 Å². The van der Waals surface area contributed by atoms with Crippen molar-refractivity contribution in [3.63, 3.8) is 0 Å². The first-order valence-electron chi connectivity index (χ1n) is 7.17. The number of aryl methyl sites for hydroxylation is 1. The van der Waals surface area contributed by atoms with E-state index in [1.54, 1.807) is 18.2 Å². The van der Waals surface area contributed by atoms with Crippen LogP contribution >= 0.6 is 0 Å². The van der Waals surface area contributed by atoms with Gasteiger partial charge < -0.3 is 0 Å². The van der Waals surface area contributed by atoms with E-state index in [0.717, 1.165) is 9.54 Å². The minimum absolute atomic E-state index is 0.0961. The first kappa shape index (κ1) is 16.1. The van der Waals surface area contributed by atoms with Gasteiger partial charge in [-0.25, -0.2) is 16.8 Å². The van der Waals surface area contributed by atoms with Crippen LogP contribution in [0.5, 0.6) is 0 Å². The maximum Gasteiger partial charge on any atom is 0.268 e. The maximum absolute atomic E-state index is 13.5. The average molecular weight is 343 g/mol. The molecule has 0 fully saturated rings. The van der Waals surface area contributed by atoms with E-state index in [9.17, 15) is 17.6 Å². The molecule has 0 amide bonds. The molecule has 0 aliphatic carbocycles. The number of hydrogen-bond acceptors (Lipinski definition) is 3. The molecule has 6 heteroatoms. The minimum atomic E-state index is -3.90. The predicted molar refractivity (Wildman–Crippen MR) is 89.0 cm³/mol. The van der Waals surface area contributed by atoms with E-state index in [1.807, 2.05) is 6.92 Å². The highest BCUT2D eigenvalue weighted by molar-refractivity contribution is 7.90. The summed E-state index contributed by atoms with van der Waals surface area (Å²) in [5.41, 5.74) is 1.74. The zero-order chi connectivity index (χ0) is 17.3. The molecule has 0 aliphatic rings. The third kappa shape index (κ3) is 2.88. The molecule has 0 bridgehead atoms. The summed E-state index contributed by atoms with van der Waals surface area (Å²) in [5, 5.41) is 0. The van der Waals surface area contributed by atoms with E-state index in [0.29, 0.717) is 11.8 Å². The van der Waals surface area contributed by atoms with Crippen molar-refractivity contribution in [2.45, 2.75) is 11.8 Å². The van der Waals surface area contributed by atoms with Crippen LogP contribution in [0.3, 0.4) is 0 Å². The Bertz CT molecular complexity index is 1000. The molecular weight excluding hydrogens is 329 g/mol. The fourth-order valence-electron chi connectivity index (χ4n) is 2.41. The van der Waals surface area contributed by atoms with Crippen LogP contribution in [0.15, 0.2) is 65.7 Å². The second-order valence-electron chi connectivity index (χ2n) is 5.40. The molecular formula is C18H14FNO3S. The van der Waals surface area contributed by atoms with Gasteiger partial charge in [-0.3, -0.25) is 4.79 Å². The van der Waals surface area contributed by atoms with Crippen molar-refractivity contribution in [3.8, 4) is 11.3 Å². The number of benzene rings is 2. The van der Waals surface area contributed by atoms with Gasteiger partial charge in [-0.2, -0.15) is 0 Å². The summed E-state index contributed by atoms with van der Waals surface area (Å²) >= 11 is 0. The molecule has 2 aromatic carbocycles. The topological polar surface area (TPSA) is 56.1 Å². The highest BCUT2D eigenvalue weighted by Gasteiger charge is 2.21. The van der Waals surface area contributed by atoms with Gasteiger partial charge in [0.2, 0.25) is 0 Å². The lowest BCUT2D eigenvalue weighted by Crippen LogP contribution is -2.13. The van der Waals surface area contributed by atoms with Gasteiger partial charge in [-0.05, 0) is 37.3 Å². The molecule has 0 saturated carbocycles. The average Bonchev–Trinajstić information content (AvgIpc) is 3.00. The van der Waals surface area contributed by atoms with Crippen molar-refractivity contribution in [2.75, 3.05) is 0 Å². The Morgan fingerprint density at radius 3 is 2.38 bits per heavy atom. The standard InChI is InChI=1S/C18H14FNO3S/c1-13-5-7-17(8-6-13)24(22,23)20-11-14(12-21)9-18(20)15-3-2-4-16(19)10-15/h2-12H,1H3. The van der Waals surface area contributed by atoms with Crippen molar-refractivity contribution < 1.29 is 17.6 Å². The molecule has 122 valence electrons. The van der Waals surface area contributed by atoms with Crippen LogP contribution in [0.25, 0.3) is 11.3 Å². The third-order valence-corrected chi connectivity index (χ3v) is 5.33. The van der Waals surface area contributed by atoms with Crippen molar-refractivity contribution in [3.05, 3.63) is 77.7 Å². The van der Waals surface area contributed by atoms with Crippen LogP contribution < -0.4 is 0 Å². The number of halogens is 1. The molecule has 0 saturated heterocycles. The van der Waals surface area contributed by atoms with Crippen LogP contribution in [0.2, 0.25) is 0 Å². The Labute approximate surface area is 139 Å². The molecule has 1 heterocycles. The monoisotopic (exact) mass is 343 g/mol. The molecule has 24 heavy (non-hydrogen) atoms. The number of rotatable bonds is 4. The molecule has 0 N–H and O–H groups in total. The molecule has 1 aromatic heterocycles. The van der Waals surface area contributed by atoms with Gasteiger partial charge in [0, 0.05) is 17.3 Å². The van der Waals surface area contributed by atoms with E-state index in [2.05, 4.69) is 0 Å². The quantitative estimate of drug-likeness (QED) is 0.680. The van der Waals surface area contributed by atoms with Crippen LogP contribution in [0, 0.1) is 12.7 Å². The normalized spacial score (nSPS) is 11.4. The van der Waals surface area contributed by atoms with Crippen molar-refractivity contribution >= 4 is 16.3 Å². The van der Waals surface area contributed by atoms with Crippen LogP contribution in [-0.2, 0) is 10.0 Å². The van der Waals surface area contributed by atoms with E-state index in [4.69, 9.17) is 0 Å². The van der Waals surface area contributed by atoms with Gasteiger partial charge in [0.05, 0.1) is 10.6 Å². The molecule has 0 atom stereocenters. The summed E-state index contributed by atoms with van der Waals surface area (Å²) < 4.78 is 40.3. The number of aromatic nitrogens is 1. The van der Waals surface area contributed by atoms with Crippen LogP contribution in [0.1, 0.15) is 15.9 Å². The van der Waals surface area contributed by atoms with Gasteiger partial charge in [0.25, 0.3) is 10.0 Å². The summed E-state index contributed by atoms with van der Waals surface area (Å²) in [6.45, 7) is 1.86. The molecule has 3 aromatic rings. The van der Waals surface area contributed by atoms with Crippen molar-refractivity contribution in [1.82, 2.24) is 3.97 Å². The maximum atomic E-state index is 13.5. The zero-order valence-electron chi connectivity index (χ0n) is 12.8. The molecule has 0 unspecified atom stereocenters. The lowest BCUT2D eigenvalue weighted by atomic mass is 10.1. The smallest absolute Gasteiger partial charge is 0.268 e. The molecule has 0 aliphatic heterocycles. The van der Waals surface area contributed by atoms with Gasteiger partial charge in [-0.1, -0.05) is 29.8 Å². The second-order valence-corrected chi connectivity index (χ2v) is 7.22. The number of aldehydes is 1. The highest BCUT2D eigenvalue weighted by Crippen LogP contribution is 2.27. The van der Waals surface area contributed by atoms with Crippen LogP contribution in [0.4, 0.5) is 4.39 Å². The number of nitrogens with zero attached hydrogens (tertiary/aromatic N) is 1. The Hall–Kier alpha value is -2.73. The summed E-state index contributed by atoms with van der Waals surface area (Å²) in [5.74, 6) is -0.486. The van der Waals surface area contributed by atoms with Gasteiger partial charge >= 0.3 is 0 Å². The summed E-state index contributed by atoms with van der Waals surface area (Å²) in [6.07, 6.45) is 1.80. The zero-order valence-corrected chi connectivity index (χ0v) is 13.6. The predicted octanol–water partition coefficient (Wildman–Crippen LogP) is 3.65. The van der Waals surface area contributed by atoms with E-state index < -0.39 is 15.8 Å². The number of carbonyl (C=O) groups is 1. The minimum Gasteiger partial charge on any atom is -0.298 e. The first-order valence-corrected chi connectivity index (χ1v) is 8.61. The third-order valence-electron chi connectivity index (χ3n) is 3.64. The molecule has 0 spiro atoms. The first-order chi connectivity index (χ1) is 11.4. The Morgan fingerprint density at radius 1 is 1.04 bits per heavy atom. The molecule has 4 nitrogen and oxygen atoms in total. The Morgan fingerprint density at radius 2 is 1.75 bits per heavy atom. The SMILES string of the molecule is Cc1ccc(S(=O)(=O)n2cc(C=O)cc2-c2cccc(F)c2)cc1. The second kappa shape index (κ2) is 6.05. The molecule has 0 radical (unpaired) electrons. The van der Waals surface area contributed by atoms with Gasteiger partial charge in [0.1, 0.15) is 5.82 Å². The van der Waals surface area contributed by atoms with Crippen molar-refractivity contribution in [1.29, 1.82) is 0 Å². The summed E-state index contributed by atoms with van der Waals surface area (Å²) in [4.78, 5) is 11.2. The lowest BCUT2D eigenvalue weighted by Gasteiger charge is -2.11.